The molecule has 0 spiro atoms. The molecule has 1 aliphatic heterocycles. The van der Waals surface area contributed by atoms with Crippen molar-refractivity contribution in [3.05, 3.63) is 129 Å². The third-order valence-electron chi connectivity index (χ3n) is 9.45. The van der Waals surface area contributed by atoms with Crippen LogP contribution in [0.3, 0.4) is 0 Å². The Morgan fingerprint density at radius 1 is 0.720 bits per heavy atom. The van der Waals surface area contributed by atoms with Crippen LogP contribution in [0.25, 0.3) is 45.3 Å². The highest BCUT2D eigenvalue weighted by atomic mass is 19.2. The predicted molar refractivity (Wildman–Crippen MR) is 167 cm³/mol. The van der Waals surface area contributed by atoms with Crippen molar-refractivity contribution in [2.75, 3.05) is 0 Å². The van der Waals surface area contributed by atoms with E-state index in [-0.39, 0.29) is 5.69 Å². The second-order valence-corrected chi connectivity index (χ2v) is 12.7. The van der Waals surface area contributed by atoms with Crippen LogP contribution in [0.4, 0.5) is 39.5 Å². The van der Waals surface area contributed by atoms with E-state index >= 15 is 8.78 Å². The zero-order valence-corrected chi connectivity index (χ0v) is 26.8. The Morgan fingerprint density at radius 3 is 2.02 bits per heavy atom. The molecule has 1 atom stereocenters. The first-order chi connectivity index (χ1) is 23.6. The summed E-state index contributed by atoms with van der Waals surface area (Å²) in [6, 6.07) is 6.89. The van der Waals surface area contributed by atoms with E-state index in [2.05, 4.69) is 23.8 Å². The zero-order chi connectivity index (χ0) is 36.1. The van der Waals surface area contributed by atoms with E-state index < -0.39 is 91.9 Å². The monoisotopic (exact) mass is 697 g/mol. The fourth-order valence-corrected chi connectivity index (χ4v) is 6.59. The van der Waals surface area contributed by atoms with E-state index in [1.807, 2.05) is 29.7 Å². The molecule has 1 unspecified atom stereocenters. The van der Waals surface area contributed by atoms with Crippen molar-refractivity contribution in [1.29, 1.82) is 0 Å². The van der Waals surface area contributed by atoms with E-state index in [0.717, 1.165) is 46.3 Å². The molecule has 4 heterocycles. The molecule has 0 N–H and O–H groups in total. The van der Waals surface area contributed by atoms with E-state index in [1.165, 1.54) is 0 Å². The van der Waals surface area contributed by atoms with E-state index in [0.29, 0.717) is 5.69 Å². The van der Waals surface area contributed by atoms with Crippen molar-refractivity contribution >= 4 is 17.0 Å². The quantitative estimate of drug-likeness (QED) is 0.102. The second kappa shape index (κ2) is 11.4. The summed E-state index contributed by atoms with van der Waals surface area (Å²) in [7, 11) is 0. The van der Waals surface area contributed by atoms with Gasteiger partial charge in [0.25, 0.3) is 0 Å². The van der Waals surface area contributed by atoms with Gasteiger partial charge in [0.05, 0.1) is 40.0 Å². The molecule has 256 valence electrons. The van der Waals surface area contributed by atoms with Crippen molar-refractivity contribution < 1.29 is 43.9 Å². The SMILES string of the molecule is Cc1c(F)c(F)c(F)c(-c2cc(C(C)C=Cc3c(C)c4cccc5c4n3-c3cocc3C5(C)C)nc(-c3c(F)c(F)c(F)c(F)c3F)n2)c1F. The fraction of sp³-hybridized carbons (Fsp3) is 0.189. The summed E-state index contributed by atoms with van der Waals surface area (Å²) in [5, 5.41) is 0.951. The molecule has 0 aliphatic carbocycles. The van der Waals surface area contributed by atoms with E-state index in [4.69, 9.17) is 4.42 Å². The number of para-hydroxylation sites is 1. The molecular weight excluding hydrogens is 673 g/mol. The smallest absolute Gasteiger partial charge is 0.200 e. The largest absolute Gasteiger partial charge is 0.470 e. The van der Waals surface area contributed by atoms with Crippen LogP contribution >= 0.6 is 0 Å². The maximum absolute atomic E-state index is 15.3. The molecule has 0 saturated heterocycles. The Morgan fingerprint density at radius 2 is 1.34 bits per heavy atom. The lowest BCUT2D eigenvalue weighted by Crippen LogP contribution is -2.25. The fourth-order valence-electron chi connectivity index (χ4n) is 6.59. The molecule has 4 nitrogen and oxygen atoms in total. The summed E-state index contributed by atoms with van der Waals surface area (Å²) in [5.74, 6) is -21.2. The van der Waals surface area contributed by atoms with E-state index in [9.17, 15) is 30.7 Å². The molecule has 1 aliphatic rings. The van der Waals surface area contributed by atoms with E-state index in [1.54, 1.807) is 31.6 Å². The molecule has 0 saturated carbocycles. The minimum absolute atomic E-state index is 0.204. The minimum atomic E-state index is -2.45. The molecule has 7 rings (SSSR count). The van der Waals surface area contributed by atoms with Crippen LogP contribution in [0.15, 0.2) is 47.3 Å². The number of allylic oxidation sites excluding steroid dienone is 1. The predicted octanol–water partition coefficient (Wildman–Crippen LogP) is 10.7. The summed E-state index contributed by atoms with van der Waals surface area (Å²) in [5.41, 5.74) is 0.104. The number of benzene rings is 3. The van der Waals surface area contributed by atoms with Gasteiger partial charge in [-0.3, -0.25) is 0 Å². The van der Waals surface area contributed by atoms with Crippen molar-refractivity contribution in [3.63, 3.8) is 0 Å². The van der Waals surface area contributed by atoms with Gasteiger partial charge in [-0.15, -0.1) is 0 Å². The summed E-state index contributed by atoms with van der Waals surface area (Å²) in [6.07, 6.45) is 6.61. The first kappa shape index (κ1) is 33.2. The minimum Gasteiger partial charge on any atom is -0.470 e. The summed E-state index contributed by atoms with van der Waals surface area (Å²) >= 11 is 0. The van der Waals surface area contributed by atoms with Crippen LogP contribution in [-0.2, 0) is 5.41 Å². The van der Waals surface area contributed by atoms with Gasteiger partial charge in [0.15, 0.2) is 46.5 Å². The number of hydrogen-bond donors (Lipinski definition) is 0. The molecule has 6 aromatic rings. The normalized spacial score (nSPS) is 14.2. The van der Waals surface area contributed by atoms with Gasteiger partial charge in [-0.2, -0.15) is 0 Å². The average molecular weight is 698 g/mol. The van der Waals surface area contributed by atoms with Gasteiger partial charge in [0.2, 0.25) is 5.82 Å². The number of furan rings is 1. The molecule has 13 heteroatoms. The summed E-state index contributed by atoms with van der Waals surface area (Å²) in [4.78, 5) is 7.75. The van der Waals surface area contributed by atoms with Crippen LogP contribution in [0, 0.1) is 66.2 Å². The van der Waals surface area contributed by atoms with Gasteiger partial charge in [-0.25, -0.2) is 49.5 Å². The summed E-state index contributed by atoms with van der Waals surface area (Å²) < 4.78 is 139. The van der Waals surface area contributed by atoms with Gasteiger partial charge in [-0.05, 0) is 37.1 Å². The topological polar surface area (TPSA) is 43.9 Å². The third-order valence-corrected chi connectivity index (χ3v) is 9.45. The molecule has 0 fully saturated rings. The van der Waals surface area contributed by atoms with Crippen LogP contribution < -0.4 is 0 Å². The van der Waals surface area contributed by atoms with Gasteiger partial charge in [0.1, 0.15) is 12.1 Å². The Bertz CT molecular complexity index is 2310. The Hall–Kier alpha value is -5.33. The van der Waals surface area contributed by atoms with Crippen LogP contribution in [-0.4, -0.2) is 14.5 Å². The summed E-state index contributed by atoms with van der Waals surface area (Å²) in [6.45, 7) is 8.43. The lowest BCUT2D eigenvalue weighted by atomic mass is 9.76. The lowest BCUT2D eigenvalue weighted by Gasteiger charge is -2.31. The van der Waals surface area contributed by atoms with Gasteiger partial charge < -0.3 is 8.98 Å². The number of hydrogen-bond acceptors (Lipinski definition) is 3. The molecular formula is C37H24F9N3O. The average Bonchev–Trinajstić information content (AvgIpc) is 3.70. The third kappa shape index (κ3) is 4.55. The first-order valence-electron chi connectivity index (χ1n) is 15.2. The Labute approximate surface area is 278 Å². The number of aryl methyl sites for hydroxylation is 1. The highest BCUT2D eigenvalue weighted by Crippen LogP contribution is 2.47. The van der Waals surface area contributed by atoms with Crippen molar-refractivity contribution in [1.82, 2.24) is 14.5 Å². The van der Waals surface area contributed by atoms with Crippen LogP contribution in [0.1, 0.15) is 60.3 Å². The Kier molecular flexibility index (Phi) is 7.54. The number of rotatable bonds is 5. The molecule has 3 aromatic carbocycles. The molecule has 0 bridgehead atoms. The second-order valence-electron chi connectivity index (χ2n) is 12.7. The van der Waals surface area contributed by atoms with Crippen molar-refractivity contribution in [2.45, 2.75) is 46.0 Å². The van der Waals surface area contributed by atoms with Gasteiger partial charge in [0, 0.05) is 33.5 Å². The van der Waals surface area contributed by atoms with Crippen LogP contribution in [0.5, 0.6) is 0 Å². The zero-order valence-electron chi connectivity index (χ0n) is 26.8. The maximum atomic E-state index is 15.3. The van der Waals surface area contributed by atoms with Crippen LogP contribution in [0.2, 0.25) is 0 Å². The first-order valence-corrected chi connectivity index (χ1v) is 15.2. The standard InChI is InChI=1S/C37H24F9N3O/c1-14(9-10-22-15(2)17-7-6-8-18-35(17)49(22)23-13-50-12-19(23)37(18,4)5)20-11-21(24-26(38)16(3)27(39)31(43)28(24)40)48-36(47-20)25-29(41)32(44)34(46)33(45)30(25)42/h6-14H,1-5H3. The Balaban J connectivity index is 1.44. The van der Waals surface area contributed by atoms with Gasteiger partial charge in [-0.1, -0.05) is 45.0 Å². The lowest BCUT2D eigenvalue weighted by molar-refractivity contribution is 0.380. The highest BCUT2D eigenvalue weighted by Gasteiger charge is 2.37. The van der Waals surface area contributed by atoms with Gasteiger partial charge >= 0.3 is 0 Å². The molecule has 0 radical (unpaired) electrons. The highest BCUT2D eigenvalue weighted by molar-refractivity contribution is 5.95. The maximum Gasteiger partial charge on any atom is 0.200 e. The number of halogens is 9. The molecule has 0 amide bonds. The molecule has 50 heavy (non-hydrogen) atoms. The number of fused-ring (bicyclic) bond motifs is 2. The van der Waals surface area contributed by atoms with Crippen molar-refractivity contribution in [3.8, 4) is 28.3 Å². The molecule has 3 aromatic heterocycles. The number of nitrogens with zero attached hydrogens (tertiary/aromatic N) is 3. The number of aromatic nitrogens is 3. The van der Waals surface area contributed by atoms with Crippen molar-refractivity contribution in [2.24, 2.45) is 0 Å².